The molecule has 1 heterocycles. The van der Waals surface area contributed by atoms with Crippen molar-refractivity contribution < 1.29 is 14.3 Å². The van der Waals surface area contributed by atoms with Gasteiger partial charge in [-0.25, -0.2) is 4.79 Å². The molecule has 1 atom stereocenters. The van der Waals surface area contributed by atoms with Crippen LogP contribution in [0.15, 0.2) is 0 Å². The van der Waals surface area contributed by atoms with Gasteiger partial charge in [0.05, 0.1) is 12.6 Å². The summed E-state index contributed by atoms with van der Waals surface area (Å²) in [6.45, 7) is 5.89. The third kappa shape index (κ3) is 3.10. The van der Waals surface area contributed by atoms with E-state index in [1.807, 2.05) is 0 Å². The minimum absolute atomic E-state index is 0.0662. The summed E-state index contributed by atoms with van der Waals surface area (Å²) < 4.78 is 4.88. The van der Waals surface area contributed by atoms with Crippen LogP contribution < -0.4 is 5.73 Å². The number of hydrogen-bond acceptors (Lipinski definition) is 4. The maximum absolute atomic E-state index is 11.6. The van der Waals surface area contributed by atoms with Crippen LogP contribution in [0.3, 0.4) is 0 Å². The summed E-state index contributed by atoms with van der Waals surface area (Å²) in [7, 11) is 0. The van der Waals surface area contributed by atoms with Gasteiger partial charge in [-0.15, -0.1) is 0 Å². The molecule has 6 heteroatoms. The molecule has 1 saturated heterocycles. The van der Waals surface area contributed by atoms with Gasteiger partial charge >= 0.3 is 6.09 Å². The Kier molecular flexibility index (Phi) is 4.54. The first kappa shape index (κ1) is 12.8. The molecule has 1 fully saturated rings. The fourth-order valence-electron chi connectivity index (χ4n) is 1.61. The van der Waals surface area contributed by atoms with Gasteiger partial charge in [-0.1, -0.05) is 0 Å². The lowest BCUT2D eigenvalue weighted by Crippen LogP contribution is -2.53. The number of hydrogen-bond donors (Lipinski definition) is 1. The second kappa shape index (κ2) is 5.69. The Balaban J connectivity index is 2.39. The highest BCUT2D eigenvalue weighted by molar-refractivity contribution is 5.81. The van der Waals surface area contributed by atoms with E-state index in [-0.39, 0.29) is 12.0 Å². The Labute approximate surface area is 95.3 Å². The summed E-state index contributed by atoms with van der Waals surface area (Å²) in [5.74, 6) is -0.0662. The van der Waals surface area contributed by atoms with E-state index in [2.05, 4.69) is 0 Å². The summed E-state index contributed by atoms with van der Waals surface area (Å²) >= 11 is 0. The van der Waals surface area contributed by atoms with E-state index in [9.17, 15) is 9.59 Å². The van der Waals surface area contributed by atoms with Crippen LogP contribution in [-0.2, 0) is 9.53 Å². The summed E-state index contributed by atoms with van der Waals surface area (Å²) in [5.41, 5.74) is 5.51. The van der Waals surface area contributed by atoms with Crippen LogP contribution in [0.4, 0.5) is 4.79 Å². The van der Waals surface area contributed by atoms with Gasteiger partial charge in [0, 0.05) is 26.2 Å². The molecule has 2 N–H and O–H groups in total. The van der Waals surface area contributed by atoms with Gasteiger partial charge in [-0.05, 0) is 13.8 Å². The van der Waals surface area contributed by atoms with Crippen LogP contribution in [0, 0.1) is 0 Å². The highest BCUT2D eigenvalue weighted by atomic mass is 16.6. The van der Waals surface area contributed by atoms with Gasteiger partial charge < -0.3 is 20.3 Å². The summed E-state index contributed by atoms with van der Waals surface area (Å²) in [5, 5.41) is 0. The molecule has 2 amide bonds. The lowest BCUT2D eigenvalue weighted by molar-refractivity contribution is -0.133. The van der Waals surface area contributed by atoms with E-state index < -0.39 is 6.04 Å². The lowest BCUT2D eigenvalue weighted by atomic mass is 10.2. The molecule has 92 valence electrons. The molecular weight excluding hydrogens is 210 g/mol. The SMILES string of the molecule is CCOC(=O)N1CCN(C(=O)[C@@H](C)N)CC1. The summed E-state index contributed by atoms with van der Waals surface area (Å²) in [6, 6.07) is -0.478. The molecule has 0 spiro atoms. The molecule has 0 aromatic rings. The monoisotopic (exact) mass is 229 g/mol. The van der Waals surface area contributed by atoms with E-state index in [0.717, 1.165) is 0 Å². The van der Waals surface area contributed by atoms with Gasteiger partial charge in [-0.3, -0.25) is 4.79 Å². The number of carbonyl (C=O) groups excluding carboxylic acids is 2. The first-order valence-electron chi connectivity index (χ1n) is 5.52. The fraction of sp³-hybridized carbons (Fsp3) is 0.800. The third-order valence-electron chi connectivity index (χ3n) is 2.51. The zero-order valence-corrected chi connectivity index (χ0v) is 9.81. The minimum Gasteiger partial charge on any atom is -0.450 e. The standard InChI is InChI=1S/C10H19N3O3/c1-3-16-10(15)13-6-4-12(5-7-13)9(14)8(2)11/h8H,3-7,11H2,1-2H3/t8-/m1/s1. The normalized spacial score (nSPS) is 18.2. The molecule has 0 bridgehead atoms. The molecule has 0 aromatic carbocycles. The number of ether oxygens (including phenoxy) is 1. The summed E-state index contributed by atoms with van der Waals surface area (Å²) in [6.07, 6.45) is -0.310. The topological polar surface area (TPSA) is 75.9 Å². The average Bonchev–Trinajstić information content (AvgIpc) is 2.28. The second-order valence-electron chi connectivity index (χ2n) is 3.80. The maximum Gasteiger partial charge on any atom is 0.409 e. The van der Waals surface area contributed by atoms with Crippen molar-refractivity contribution in [3.63, 3.8) is 0 Å². The molecule has 0 radical (unpaired) electrons. The maximum atomic E-state index is 11.6. The molecule has 16 heavy (non-hydrogen) atoms. The molecule has 1 rings (SSSR count). The Morgan fingerprint density at radius 1 is 1.25 bits per heavy atom. The smallest absolute Gasteiger partial charge is 0.409 e. The highest BCUT2D eigenvalue weighted by Crippen LogP contribution is 2.05. The Hall–Kier alpha value is -1.30. The van der Waals surface area contributed by atoms with Crippen LogP contribution in [0.25, 0.3) is 0 Å². The molecule has 0 saturated carbocycles. The van der Waals surface area contributed by atoms with Crippen LogP contribution in [0.2, 0.25) is 0 Å². The largest absolute Gasteiger partial charge is 0.450 e. The van der Waals surface area contributed by atoms with Crippen molar-refractivity contribution >= 4 is 12.0 Å². The van der Waals surface area contributed by atoms with Crippen molar-refractivity contribution in [1.82, 2.24) is 9.80 Å². The van der Waals surface area contributed by atoms with Crippen LogP contribution in [0.1, 0.15) is 13.8 Å². The Morgan fingerprint density at radius 3 is 2.19 bits per heavy atom. The van der Waals surface area contributed by atoms with Crippen molar-refractivity contribution in [2.24, 2.45) is 5.73 Å². The fourth-order valence-corrected chi connectivity index (χ4v) is 1.61. The van der Waals surface area contributed by atoms with E-state index >= 15 is 0 Å². The zero-order valence-electron chi connectivity index (χ0n) is 9.81. The first-order chi connectivity index (χ1) is 7.56. The Morgan fingerprint density at radius 2 is 1.75 bits per heavy atom. The van der Waals surface area contributed by atoms with Crippen molar-refractivity contribution in [2.45, 2.75) is 19.9 Å². The third-order valence-corrected chi connectivity index (χ3v) is 2.51. The van der Waals surface area contributed by atoms with E-state index in [4.69, 9.17) is 10.5 Å². The number of nitrogens with two attached hydrogens (primary N) is 1. The van der Waals surface area contributed by atoms with Crippen molar-refractivity contribution in [3.8, 4) is 0 Å². The summed E-state index contributed by atoms with van der Waals surface area (Å²) in [4.78, 5) is 26.2. The number of amides is 2. The quantitative estimate of drug-likeness (QED) is 0.701. The van der Waals surface area contributed by atoms with Gasteiger partial charge in [-0.2, -0.15) is 0 Å². The van der Waals surface area contributed by atoms with Gasteiger partial charge in [0.2, 0.25) is 5.91 Å². The number of piperazine rings is 1. The van der Waals surface area contributed by atoms with Crippen LogP contribution in [-0.4, -0.2) is 60.6 Å². The number of rotatable bonds is 2. The van der Waals surface area contributed by atoms with Crippen molar-refractivity contribution in [2.75, 3.05) is 32.8 Å². The predicted octanol–water partition coefficient (Wildman–Crippen LogP) is -0.366. The highest BCUT2D eigenvalue weighted by Gasteiger charge is 2.25. The number of carbonyl (C=O) groups is 2. The lowest BCUT2D eigenvalue weighted by Gasteiger charge is -2.34. The predicted molar refractivity (Wildman–Crippen MR) is 58.8 cm³/mol. The number of nitrogens with zero attached hydrogens (tertiary/aromatic N) is 2. The molecule has 1 aliphatic heterocycles. The van der Waals surface area contributed by atoms with Crippen LogP contribution in [0.5, 0.6) is 0 Å². The molecular formula is C10H19N3O3. The van der Waals surface area contributed by atoms with Gasteiger partial charge in [0.15, 0.2) is 0 Å². The van der Waals surface area contributed by atoms with E-state index in [0.29, 0.717) is 32.8 Å². The van der Waals surface area contributed by atoms with Gasteiger partial charge in [0.25, 0.3) is 0 Å². The van der Waals surface area contributed by atoms with E-state index in [1.165, 1.54) is 0 Å². The average molecular weight is 229 g/mol. The first-order valence-corrected chi connectivity index (χ1v) is 5.52. The minimum atomic E-state index is -0.478. The zero-order chi connectivity index (χ0) is 12.1. The molecule has 6 nitrogen and oxygen atoms in total. The molecule has 0 aromatic heterocycles. The molecule has 1 aliphatic rings. The second-order valence-corrected chi connectivity index (χ2v) is 3.80. The van der Waals surface area contributed by atoms with Gasteiger partial charge in [0.1, 0.15) is 0 Å². The molecule has 0 aliphatic carbocycles. The van der Waals surface area contributed by atoms with Crippen LogP contribution >= 0.6 is 0 Å². The molecule has 0 unspecified atom stereocenters. The van der Waals surface area contributed by atoms with E-state index in [1.54, 1.807) is 23.6 Å². The Bertz CT molecular complexity index is 260. The van der Waals surface area contributed by atoms with Crippen molar-refractivity contribution in [3.05, 3.63) is 0 Å². The van der Waals surface area contributed by atoms with Crippen molar-refractivity contribution in [1.29, 1.82) is 0 Å².